The van der Waals surface area contributed by atoms with Crippen LogP contribution in [-0.2, 0) is 28.8 Å². The van der Waals surface area contributed by atoms with Gasteiger partial charge in [0, 0.05) is 6.42 Å². The van der Waals surface area contributed by atoms with Crippen LogP contribution in [0.2, 0.25) is 0 Å². The maximum absolute atomic E-state index is 12.2. The van der Waals surface area contributed by atoms with Crippen molar-refractivity contribution in [3.63, 3.8) is 0 Å². The summed E-state index contributed by atoms with van der Waals surface area (Å²) in [5, 5.41) is 33.0. The van der Waals surface area contributed by atoms with Gasteiger partial charge in [0.05, 0.1) is 19.0 Å². The van der Waals surface area contributed by atoms with E-state index in [1.807, 2.05) is 12.2 Å². The molecule has 0 aliphatic carbocycles. The quantitative estimate of drug-likeness (QED) is 0.158. The average molecular weight is 432 g/mol. The van der Waals surface area contributed by atoms with Crippen LogP contribution in [0.15, 0.2) is 0 Å². The molecule has 0 aromatic rings. The lowest BCUT2D eigenvalue weighted by Crippen LogP contribution is -2.54. The van der Waals surface area contributed by atoms with Gasteiger partial charge in [-0.25, -0.2) is 4.79 Å². The number of hydrogen-bond acceptors (Lipinski definition) is 7. The highest BCUT2D eigenvalue weighted by molar-refractivity contribution is 5.94. The first-order chi connectivity index (χ1) is 13.9. The lowest BCUT2D eigenvalue weighted by atomic mass is 9.99. The molecule has 0 radical (unpaired) electrons. The van der Waals surface area contributed by atoms with Crippen molar-refractivity contribution >= 4 is 35.6 Å². The van der Waals surface area contributed by atoms with E-state index in [0.717, 1.165) is 0 Å². The number of nitrogens with one attached hydrogen (secondary N) is 3. The fourth-order valence-corrected chi connectivity index (χ4v) is 2.22. The molecule has 0 aromatic heterocycles. The van der Waals surface area contributed by atoms with E-state index in [2.05, 4.69) is 10.6 Å². The Kier molecular flexibility index (Phi) is 11.7. The summed E-state index contributed by atoms with van der Waals surface area (Å²) < 4.78 is 0. The van der Waals surface area contributed by atoms with Crippen LogP contribution in [0.3, 0.4) is 0 Å². The van der Waals surface area contributed by atoms with Gasteiger partial charge >= 0.3 is 17.9 Å². The zero-order chi connectivity index (χ0) is 23.4. The second-order valence-corrected chi connectivity index (χ2v) is 6.68. The van der Waals surface area contributed by atoms with E-state index < -0.39 is 79.6 Å². The number of aliphatic carboxylic acids is 3. The topological polar surface area (TPSA) is 225 Å². The Balaban J connectivity index is 4.97. The molecular weight excluding hydrogens is 404 g/mol. The molecule has 4 atom stereocenters. The van der Waals surface area contributed by atoms with Gasteiger partial charge in [0.25, 0.3) is 0 Å². The molecule has 170 valence electrons. The Morgan fingerprint density at radius 2 is 1.50 bits per heavy atom. The van der Waals surface area contributed by atoms with Crippen molar-refractivity contribution in [3.8, 4) is 0 Å². The molecule has 0 saturated carbocycles. The van der Waals surface area contributed by atoms with Crippen molar-refractivity contribution in [3.05, 3.63) is 0 Å². The molecule has 0 fully saturated rings. The van der Waals surface area contributed by atoms with Crippen LogP contribution in [-0.4, -0.2) is 75.6 Å². The molecule has 0 bridgehead atoms. The van der Waals surface area contributed by atoms with Crippen LogP contribution in [0.4, 0.5) is 0 Å². The van der Waals surface area contributed by atoms with E-state index in [-0.39, 0.29) is 5.92 Å². The van der Waals surface area contributed by atoms with Gasteiger partial charge in [0.1, 0.15) is 12.1 Å². The van der Waals surface area contributed by atoms with Gasteiger partial charge in [-0.15, -0.1) is 0 Å². The number of rotatable bonds is 14. The maximum atomic E-state index is 12.2. The molecule has 4 unspecified atom stereocenters. The molecule has 13 heteroatoms. The Hall–Kier alpha value is -3.22. The Morgan fingerprint density at radius 3 is 1.97 bits per heavy atom. The summed E-state index contributed by atoms with van der Waals surface area (Å²) in [6.45, 7) is 3.01. The summed E-state index contributed by atoms with van der Waals surface area (Å²) in [6, 6.07) is -4.08. The van der Waals surface area contributed by atoms with Gasteiger partial charge in [-0.1, -0.05) is 20.3 Å². The van der Waals surface area contributed by atoms with Crippen molar-refractivity contribution in [1.29, 1.82) is 0 Å². The summed E-state index contributed by atoms with van der Waals surface area (Å²) >= 11 is 0. The van der Waals surface area contributed by atoms with Crippen molar-refractivity contribution in [1.82, 2.24) is 16.0 Å². The number of amides is 3. The third-order valence-electron chi connectivity index (χ3n) is 4.27. The zero-order valence-corrected chi connectivity index (χ0v) is 16.7. The van der Waals surface area contributed by atoms with Crippen LogP contribution in [0.5, 0.6) is 0 Å². The minimum absolute atomic E-state index is 0.141. The Bertz CT molecular complexity index is 668. The molecule has 30 heavy (non-hydrogen) atoms. The van der Waals surface area contributed by atoms with Gasteiger partial charge < -0.3 is 37.0 Å². The van der Waals surface area contributed by atoms with Crippen LogP contribution >= 0.6 is 0 Å². The minimum Gasteiger partial charge on any atom is -0.481 e. The normalized spacial score (nSPS) is 14.5. The van der Waals surface area contributed by atoms with E-state index in [0.29, 0.717) is 6.42 Å². The van der Waals surface area contributed by atoms with E-state index >= 15 is 0 Å². The van der Waals surface area contributed by atoms with Crippen molar-refractivity contribution in [2.45, 2.75) is 57.7 Å². The molecule has 0 heterocycles. The van der Waals surface area contributed by atoms with E-state index in [1.165, 1.54) is 0 Å². The summed E-state index contributed by atoms with van der Waals surface area (Å²) in [5.74, 6) is -7.00. The minimum atomic E-state index is -1.64. The highest BCUT2D eigenvalue weighted by Crippen LogP contribution is 2.05. The molecule has 0 aliphatic heterocycles. The fourth-order valence-electron chi connectivity index (χ4n) is 2.22. The van der Waals surface area contributed by atoms with Crippen LogP contribution in [0.1, 0.15) is 39.5 Å². The largest absolute Gasteiger partial charge is 0.481 e. The van der Waals surface area contributed by atoms with Crippen molar-refractivity contribution in [2.24, 2.45) is 11.7 Å². The molecular formula is C17H28N4O9. The van der Waals surface area contributed by atoms with Crippen LogP contribution in [0, 0.1) is 5.92 Å². The average Bonchev–Trinajstić information content (AvgIpc) is 2.66. The highest BCUT2D eigenvalue weighted by atomic mass is 16.4. The summed E-state index contributed by atoms with van der Waals surface area (Å²) in [5.41, 5.74) is 5.72. The molecule has 0 saturated heterocycles. The lowest BCUT2D eigenvalue weighted by Gasteiger charge is -2.21. The van der Waals surface area contributed by atoms with Gasteiger partial charge in [-0.2, -0.15) is 0 Å². The summed E-state index contributed by atoms with van der Waals surface area (Å²) in [7, 11) is 0. The number of carbonyl (C=O) groups excluding carboxylic acids is 3. The highest BCUT2D eigenvalue weighted by Gasteiger charge is 2.29. The molecule has 0 rings (SSSR count). The first kappa shape index (κ1) is 26.8. The van der Waals surface area contributed by atoms with Crippen LogP contribution < -0.4 is 21.7 Å². The molecule has 13 nitrogen and oxygen atoms in total. The van der Waals surface area contributed by atoms with Crippen molar-refractivity contribution in [2.75, 3.05) is 6.54 Å². The summed E-state index contributed by atoms with van der Waals surface area (Å²) in [4.78, 5) is 68.9. The van der Waals surface area contributed by atoms with Gasteiger partial charge in [-0.3, -0.25) is 24.0 Å². The summed E-state index contributed by atoms with van der Waals surface area (Å²) in [6.07, 6.45) is -1.21. The van der Waals surface area contributed by atoms with E-state index in [4.69, 9.17) is 21.1 Å². The number of carbonyl (C=O) groups is 6. The van der Waals surface area contributed by atoms with E-state index in [9.17, 15) is 28.8 Å². The maximum Gasteiger partial charge on any atom is 0.326 e. The van der Waals surface area contributed by atoms with Gasteiger partial charge in [0.15, 0.2) is 0 Å². The monoisotopic (exact) mass is 432 g/mol. The predicted octanol–water partition coefficient (Wildman–Crippen LogP) is -2.13. The smallest absolute Gasteiger partial charge is 0.326 e. The second-order valence-electron chi connectivity index (χ2n) is 6.68. The predicted molar refractivity (Wildman–Crippen MR) is 101 cm³/mol. The zero-order valence-electron chi connectivity index (χ0n) is 16.7. The van der Waals surface area contributed by atoms with Gasteiger partial charge in [-0.05, 0) is 12.3 Å². The van der Waals surface area contributed by atoms with Crippen LogP contribution in [0.25, 0.3) is 0 Å². The second kappa shape index (κ2) is 13.1. The molecule has 3 amide bonds. The third kappa shape index (κ3) is 10.4. The number of carboxylic acids is 3. The molecule has 0 spiro atoms. The standard InChI is InChI=1S/C17H28N4O9/c1-3-8(2)14(18)16(28)19-7-11(22)20-10(6-13(25)26)15(27)21-9(17(29)30)4-5-12(23)24/h8-10,14H,3-7,18H2,1-2H3,(H,19,28)(H,20,22)(H,21,27)(H,23,24)(H,25,26)(H,29,30). The molecule has 0 aromatic carbocycles. The first-order valence-electron chi connectivity index (χ1n) is 9.18. The van der Waals surface area contributed by atoms with Gasteiger partial charge in [0.2, 0.25) is 17.7 Å². The lowest BCUT2D eigenvalue weighted by molar-refractivity contribution is -0.144. The molecule has 0 aliphatic rings. The number of nitrogens with two attached hydrogens (primary N) is 1. The number of carboxylic acid groups (broad SMARTS) is 3. The Labute approximate surface area is 172 Å². The SMILES string of the molecule is CCC(C)C(N)C(=O)NCC(=O)NC(CC(=O)O)C(=O)NC(CCC(=O)O)C(=O)O. The first-order valence-corrected chi connectivity index (χ1v) is 9.18. The molecule has 8 N–H and O–H groups in total. The number of hydrogen-bond donors (Lipinski definition) is 7. The van der Waals surface area contributed by atoms with E-state index in [1.54, 1.807) is 6.92 Å². The third-order valence-corrected chi connectivity index (χ3v) is 4.27. The Morgan fingerprint density at radius 1 is 0.900 bits per heavy atom. The van der Waals surface area contributed by atoms with Crippen molar-refractivity contribution < 1.29 is 44.1 Å². The fraction of sp³-hybridized carbons (Fsp3) is 0.647.